The van der Waals surface area contributed by atoms with E-state index in [2.05, 4.69) is 10.1 Å². The lowest BCUT2D eigenvalue weighted by molar-refractivity contribution is -0.143. The number of methoxy groups -OCH3 is 1. The van der Waals surface area contributed by atoms with Gasteiger partial charge in [0.05, 0.1) is 13.7 Å². The van der Waals surface area contributed by atoms with Crippen molar-refractivity contribution < 1.29 is 23.9 Å². The third-order valence-corrected chi connectivity index (χ3v) is 6.42. The van der Waals surface area contributed by atoms with E-state index in [0.717, 1.165) is 23.3 Å². The van der Waals surface area contributed by atoms with E-state index >= 15 is 0 Å². The molecule has 0 saturated carbocycles. The number of carbonyl (C=O) groups is 3. The summed E-state index contributed by atoms with van der Waals surface area (Å²) in [7, 11) is 1.28. The highest BCUT2D eigenvalue weighted by Crippen LogP contribution is 2.29. The van der Waals surface area contributed by atoms with E-state index in [1.54, 1.807) is 6.92 Å². The second-order valence-corrected chi connectivity index (χ2v) is 7.93. The molecule has 2 atom stereocenters. The van der Waals surface area contributed by atoms with Crippen LogP contribution in [0.3, 0.4) is 0 Å². The molecule has 0 spiro atoms. The van der Waals surface area contributed by atoms with Crippen LogP contribution in [0.4, 0.5) is 0 Å². The largest absolute Gasteiger partial charge is 0.468 e. The van der Waals surface area contributed by atoms with Crippen LogP contribution in [0.5, 0.6) is 0 Å². The standard InChI is InChI=1S/C16H21NO5S2/c1-4-22-15(19)12-7-9(2)11(24-12)6-5-10-8-17-14(18)13(23-10)16(20)21-3/h7,10,13H,4-6,8H2,1-3H3,(H,17,18)/t10-,13-/m0/s1. The number of rotatable bonds is 6. The van der Waals surface area contributed by atoms with Crippen LogP contribution in [0.1, 0.15) is 33.5 Å². The normalized spacial score (nSPS) is 20.4. The Morgan fingerprint density at radius 3 is 2.83 bits per heavy atom. The summed E-state index contributed by atoms with van der Waals surface area (Å²) in [6.07, 6.45) is 1.60. The van der Waals surface area contributed by atoms with Crippen LogP contribution in [0.15, 0.2) is 6.07 Å². The third-order valence-electron chi connectivity index (χ3n) is 3.68. The summed E-state index contributed by atoms with van der Waals surface area (Å²) in [5.74, 6) is -1.10. The van der Waals surface area contributed by atoms with Gasteiger partial charge < -0.3 is 14.8 Å². The van der Waals surface area contributed by atoms with Crippen LogP contribution in [0, 0.1) is 6.92 Å². The van der Waals surface area contributed by atoms with Crippen molar-refractivity contribution in [3.05, 3.63) is 21.4 Å². The van der Waals surface area contributed by atoms with Gasteiger partial charge in [0.15, 0.2) is 5.25 Å². The second-order valence-electron chi connectivity index (χ2n) is 5.38. The SMILES string of the molecule is CCOC(=O)c1cc(C)c(CC[C@H]2CNC(=O)[C@@H](C(=O)OC)S2)s1. The molecule has 0 unspecified atom stereocenters. The molecule has 1 aliphatic heterocycles. The highest BCUT2D eigenvalue weighted by Gasteiger charge is 2.35. The molecule has 1 fully saturated rings. The summed E-state index contributed by atoms with van der Waals surface area (Å²) in [4.78, 5) is 36.9. The molecule has 1 aliphatic rings. The van der Waals surface area contributed by atoms with Gasteiger partial charge in [0, 0.05) is 16.7 Å². The number of carbonyl (C=O) groups excluding carboxylic acids is 3. The van der Waals surface area contributed by atoms with E-state index in [0.29, 0.717) is 18.0 Å². The van der Waals surface area contributed by atoms with Crippen LogP contribution < -0.4 is 5.32 Å². The van der Waals surface area contributed by atoms with Crippen LogP contribution in [-0.2, 0) is 25.5 Å². The number of thioether (sulfide) groups is 1. The van der Waals surface area contributed by atoms with Crippen LogP contribution >= 0.6 is 23.1 Å². The van der Waals surface area contributed by atoms with Gasteiger partial charge in [-0.1, -0.05) is 0 Å². The Morgan fingerprint density at radius 2 is 2.17 bits per heavy atom. The maximum Gasteiger partial charge on any atom is 0.348 e. The molecule has 0 aromatic carbocycles. The summed E-state index contributed by atoms with van der Waals surface area (Å²) in [5.41, 5.74) is 1.07. The van der Waals surface area contributed by atoms with Crippen molar-refractivity contribution in [3.63, 3.8) is 0 Å². The predicted molar refractivity (Wildman–Crippen MR) is 93.5 cm³/mol. The average molecular weight is 371 g/mol. The molecule has 1 amide bonds. The number of ether oxygens (including phenoxy) is 2. The minimum Gasteiger partial charge on any atom is -0.468 e. The fourth-order valence-electron chi connectivity index (χ4n) is 2.41. The maximum absolute atomic E-state index is 11.8. The van der Waals surface area contributed by atoms with Gasteiger partial charge in [-0.3, -0.25) is 9.59 Å². The molecule has 8 heteroatoms. The number of thiophene rings is 1. The zero-order chi connectivity index (χ0) is 17.7. The molecule has 0 bridgehead atoms. The summed E-state index contributed by atoms with van der Waals surface area (Å²) < 4.78 is 9.70. The number of hydrogen-bond donors (Lipinski definition) is 1. The predicted octanol–water partition coefficient (Wildman–Crippen LogP) is 1.94. The molecule has 1 aromatic rings. The van der Waals surface area contributed by atoms with Gasteiger partial charge in [0.2, 0.25) is 5.91 Å². The van der Waals surface area contributed by atoms with Crippen LogP contribution in [0.25, 0.3) is 0 Å². The summed E-state index contributed by atoms with van der Waals surface area (Å²) >= 11 is 2.79. The van der Waals surface area contributed by atoms with E-state index in [-0.39, 0.29) is 17.1 Å². The molecule has 1 aromatic heterocycles. The molecule has 2 rings (SSSR count). The van der Waals surface area contributed by atoms with Gasteiger partial charge in [-0.15, -0.1) is 23.1 Å². The Hall–Kier alpha value is -1.54. The minimum atomic E-state index is -0.798. The number of hydrogen-bond acceptors (Lipinski definition) is 7. The van der Waals surface area contributed by atoms with E-state index in [9.17, 15) is 14.4 Å². The van der Waals surface area contributed by atoms with Crippen LogP contribution in [0.2, 0.25) is 0 Å². The van der Waals surface area contributed by atoms with Crippen molar-refractivity contribution in [3.8, 4) is 0 Å². The zero-order valence-electron chi connectivity index (χ0n) is 13.9. The van der Waals surface area contributed by atoms with Crippen molar-refractivity contribution >= 4 is 40.9 Å². The molecule has 6 nitrogen and oxygen atoms in total. The van der Waals surface area contributed by atoms with E-state index in [4.69, 9.17) is 4.74 Å². The first-order valence-corrected chi connectivity index (χ1v) is 9.49. The fourth-order valence-corrected chi connectivity index (χ4v) is 4.73. The third kappa shape index (κ3) is 4.51. The van der Waals surface area contributed by atoms with Crippen molar-refractivity contribution in [2.24, 2.45) is 0 Å². The number of aryl methyl sites for hydroxylation is 2. The molecular weight excluding hydrogens is 350 g/mol. The lowest BCUT2D eigenvalue weighted by Crippen LogP contribution is -2.47. The highest BCUT2D eigenvalue weighted by atomic mass is 32.2. The van der Waals surface area contributed by atoms with Crippen molar-refractivity contribution in [1.82, 2.24) is 5.32 Å². The van der Waals surface area contributed by atoms with E-state index in [1.807, 2.05) is 13.0 Å². The second kappa shape index (κ2) is 8.53. The summed E-state index contributed by atoms with van der Waals surface area (Å²) in [6, 6.07) is 1.85. The molecule has 0 radical (unpaired) electrons. The first-order chi connectivity index (χ1) is 11.5. The van der Waals surface area contributed by atoms with Crippen molar-refractivity contribution in [2.75, 3.05) is 20.3 Å². The van der Waals surface area contributed by atoms with Gasteiger partial charge in [-0.2, -0.15) is 0 Å². The summed E-state index contributed by atoms with van der Waals surface area (Å²) in [5, 5.41) is 2.10. The first kappa shape index (κ1) is 18.8. The highest BCUT2D eigenvalue weighted by molar-refractivity contribution is 8.02. The topological polar surface area (TPSA) is 81.7 Å². The Kier molecular flexibility index (Phi) is 6.68. The van der Waals surface area contributed by atoms with Gasteiger partial charge in [-0.25, -0.2) is 4.79 Å². The van der Waals surface area contributed by atoms with Gasteiger partial charge in [-0.05, 0) is 38.3 Å². The quantitative estimate of drug-likeness (QED) is 0.608. The Bertz CT molecular complexity index is 620. The van der Waals surface area contributed by atoms with Gasteiger partial charge in [0.25, 0.3) is 0 Å². The first-order valence-electron chi connectivity index (χ1n) is 7.73. The Balaban J connectivity index is 1.95. The molecule has 1 N–H and O–H groups in total. The number of esters is 2. The zero-order valence-corrected chi connectivity index (χ0v) is 15.6. The molecular formula is C16H21NO5S2. The van der Waals surface area contributed by atoms with E-state index < -0.39 is 11.2 Å². The fraction of sp³-hybridized carbons (Fsp3) is 0.562. The lowest BCUT2D eigenvalue weighted by Gasteiger charge is -2.27. The summed E-state index contributed by atoms with van der Waals surface area (Å²) in [6.45, 7) is 4.65. The lowest BCUT2D eigenvalue weighted by atomic mass is 10.1. The minimum absolute atomic E-state index is 0.138. The van der Waals surface area contributed by atoms with Crippen LogP contribution in [-0.4, -0.2) is 48.6 Å². The number of amides is 1. The van der Waals surface area contributed by atoms with Gasteiger partial charge >= 0.3 is 11.9 Å². The Morgan fingerprint density at radius 1 is 1.42 bits per heavy atom. The number of nitrogens with one attached hydrogen (secondary N) is 1. The molecule has 24 heavy (non-hydrogen) atoms. The maximum atomic E-state index is 11.8. The van der Waals surface area contributed by atoms with Crippen molar-refractivity contribution in [1.29, 1.82) is 0 Å². The average Bonchev–Trinajstić information content (AvgIpc) is 2.94. The van der Waals surface area contributed by atoms with Gasteiger partial charge in [0.1, 0.15) is 4.88 Å². The Labute approximate surface area is 149 Å². The molecule has 1 saturated heterocycles. The smallest absolute Gasteiger partial charge is 0.348 e. The van der Waals surface area contributed by atoms with E-state index in [1.165, 1.54) is 30.2 Å². The monoisotopic (exact) mass is 371 g/mol. The molecule has 2 heterocycles. The van der Waals surface area contributed by atoms with Crippen molar-refractivity contribution in [2.45, 2.75) is 37.2 Å². The molecule has 132 valence electrons. The molecule has 0 aliphatic carbocycles.